The minimum Gasteiger partial charge on any atom is -0.493 e. The molecule has 0 spiro atoms. The Kier molecular flexibility index (Phi) is 8.96. The molecule has 0 saturated carbocycles. The van der Waals surface area contributed by atoms with Gasteiger partial charge in [-0.3, -0.25) is 0 Å². The molecule has 23 heavy (non-hydrogen) atoms. The van der Waals surface area contributed by atoms with Crippen molar-refractivity contribution in [1.29, 1.82) is 0 Å². The van der Waals surface area contributed by atoms with Crippen molar-refractivity contribution in [2.24, 2.45) is 5.92 Å². The van der Waals surface area contributed by atoms with E-state index in [4.69, 9.17) is 9.47 Å². The highest BCUT2D eigenvalue weighted by Gasteiger charge is 2.04. The fraction of sp³-hybridized carbons (Fsp3) is 0.500. The summed E-state index contributed by atoms with van der Waals surface area (Å²) in [5.41, 5.74) is 2.25. The van der Waals surface area contributed by atoms with E-state index in [0.29, 0.717) is 5.92 Å². The first-order valence-electron chi connectivity index (χ1n) is 8.36. The maximum Gasteiger partial charge on any atom is 0.161 e. The maximum atomic E-state index is 5.32. The molecule has 3 nitrogen and oxygen atoms in total. The van der Waals surface area contributed by atoms with Crippen LogP contribution < -0.4 is 14.8 Å². The smallest absolute Gasteiger partial charge is 0.161 e. The van der Waals surface area contributed by atoms with E-state index in [1.165, 1.54) is 12.8 Å². The summed E-state index contributed by atoms with van der Waals surface area (Å²) in [6.45, 7) is 9.27. The summed E-state index contributed by atoms with van der Waals surface area (Å²) in [5, 5.41) is 3.39. The molecule has 1 aromatic rings. The Hall–Kier alpha value is -1.90. The molecule has 0 fully saturated rings. The lowest BCUT2D eigenvalue weighted by molar-refractivity contribution is 0.354. The number of nitrogens with one attached hydrogen (secondary N) is 1. The zero-order valence-corrected chi connectivity index (χ0v) is 15.0. The van der Waals surface area contributed by atoms with E-state index in [-0.39, 0.29) is 0 Å². The molecule has 3 heteroatoms. The molecule has 1 aromatic carbocycles. The van der Waals surface area contributed by atoms with Gasteiger partial charge in [-0.1, -0.05) is 38.6 Å². The SMILES string of the molecule is C=C(CCCC/C=C/C(C)C)NCc1ccc(OC)c(OC)c1. The van der Waals surface area contributed by atoms with Gasteiger partial charge < -0.3 is 14.8 Å². The van der Waals surface area contributed by atoms with Crippen LogP contribution in [0.5, 0.6) is 11.5 Å². The van der Waals surface area contributed by atoms with Gasteiger partial charge >= 0.3 is 0 Å². The molecule has 128 valence electrons. The largest absolute Gasteiger partial charge is 0.493 e. The van der Waals surface area contributed by atoms with Crippen LogP contribution in [0.4, 0.5) is 0 Å². The second-order valence-electron chi connectivity index (χ2n) is 6.06. The number of hydrogen-bond acceptors (Lipinski definition) is 3. The van der Waals surface area contributed by atoms with Crippen LogP contribution in [0.1, 0.15) is 45.1 Å². The molecule has 0 aliphatic carbocycles. The number of rotatable bonds is 11. The molecular formula is C20H31NO2. The summed E-state index contributed by atoms with van der Waals surface area (Å²) in [6.07, 6.45) is 9.10. The van der Waals surface area contributed by atoms with Gasteiger partial charge in [0.05, 0.1) is 14.2 Å². The van der Waals surface area contributed by atoms with E-state index in [1.807, 2.05) is 18.2 Å². The normalized spacial score (nSPS) is 11.0. The molecule has 0 bridgehead atoms. The number of ether oxygens (including phenoxy) is 2. The summed E-state index contributed by atoms with van der Waals surface area (Å²) >= 11 is 0. The van der Waals surface area contributed by atoms with Crippen LogP contribution in [-0.4, -0.2) is 14.2 Å². The highest BCUT2D eigenvalue weighted by molar-refractivity contribution is 5.42. The second-order valence-corrected chi connectivity index (χ2v) is 6.06. The molecule has 0 aliphatic rings. The second kappa shape index (κ2) is 10.8. The molecule has 0 heterocycles. The topological polar surface area (TPSA) is 30.5 Å². The van der Waals surface area contributed by atoms with Gasteiger partial charge in [0.2, 0.25) is 0 Å². The minimum absolute atomic E-state index is 0.646. The number of allylic oxidation sites excluding steroid dienone is 3. The molecule has 0 atom stereocenters. The van der Waals surface area contributed by atoms with E-state index in [0.717, 1.165) is 42.1 Å². The zero-order valence-electron chi connectivity index (χ0n) is 15.0. The molecule has 0 aliphatic heterocycles. The van der Waals surface area contributed by atoms with Crippen LogP contribution in [0.3, 0.4) is 0 Å². The first-order valence-corrected chi connectivity index (χ1v) is 8.36. The Morgan fingerprint density at radius 3 is 2.57 bits per heavy atom. The third-order valence-electron chi connectivity index (χ3n) is 3.61. The number of unbranched alkanes of at least 4 members (excludes halogenated alkanes) is 2. The van der Waals surface area contributed by atoms with Gasteiger partial charge in [-0.05, 0) is 49.3 Å². The van der Waals surface area contributed by atoms with E-state index in [1.54, 1.807) is 14.2 Å². The number of hydrogen-bond donors (Lipinski definition) is 1. The average molecular weight is 317 g/mol. The summed E-state index contributed by atoms with van der Waals surface area (Å²) < 4.78 is 10.6. The third-order valence-corrected chi connectivity index (χ3v) is 3.61. The molecule has 1 N–H and O–H groups in total. The van der Waals surface area contributed by atoms with Gasteiger partial charge in [0.15, 0.2) is 11.5 Å². The number of benzene rings is 1. The van der Waals surface area contributed by atoms with Crippen molar-refractivity contribution < 1.29 is 9.47 Å². The Balaban J connectivity index is 2.28. The predicted molar refractivity (Wildman–Crippen MR) is 98.0 cm³/mol. The first-order chi connectivity index (χ1) is 11.1. The summed E-state index contributed by atoms with van der Waals surface area (Å²) in [4.78, 5) is 0. The molecule has 0 amide bonds. The third kappa shape index (κ3) is 7.78. The first kappa shape index (κ1) is 19.1. The van der Waals surface area contributed by atoms with E-state index < -0.39 is 0 Å². The molecule has 0 saturated heterocycles. The Bertz CT molecular complexity index is 506. The van der Waals surface area contributed by atoms with E-state index >= 15 is 0 Å². The van der Waals surface area contributed by atoms with Crippen molar-refractivity contribution in [3.05, 3.63) is 48.2 Å². The molecule has 0 unspecified atom stereocenters. The van der Waals surface area contributed by atoms with Crippen LogP contribution in [0.15, 0.2) is 42.6 Å². The summed E-state index contributed by atoms with van der Waals surface area (Å²) in [5.74, 6) is 2.16. The monoisotopic (exact) mass is 317 g/mol. The number of methoxy groups -OCH3 is 2. The van der Waals surface area contributed by atoms with Crippen LogP contribution in [0.2, 0.25) is 0 Å². The van der Waals surface area contributed by atoms with Crippen LogP contribution in [0, 0.1) is 5.92 Å². The van der Waals surface area contributed by atoms with Gasteiger partial charge in [0.25, 0.3) is 0 Å². The Morgan fingerprint density at radius 1 is 1.17 bits per heavy atom. The minimum atomic E-state index is 0.646. The van der Waals surface area contributed by atoms with Crippen molar-refractivity contribution in [3.8, 4) is 11.5 Å². The van der Waals surface area contributed by atoms with Crippen LogP contribution in [-0.2, 0) is 6.54 Å². The Labute approximate surface area is 141 Å². The highest BCUT2D eigenvalue weighted by atomic mass is 16.5. The molecule has 1 rings (SSSR count). The lowest BCUT2D eigenvalue weighted by atomic mass is 10.1. The molecular weight excluding hydrogens is 286 g/mol. The van der Waals surface area contributed by atoms with Crippen molar-refractivity contribution in [3.63, 3.8) is 0 Å². The molecule has 0 radical (unpaired) electrons. The fourth-order valence-electron chi connectivity index (χ4n) is 2.28. The highest BCUT2D eigenvalue weighted by Crippen LogP contribution is 2.27. The predicted octanol–water partition coefficient (Wildman–Crippen LogP) is 5.08. The summed E-state index contributed by atoms with van der Waals surface area (Å²) in [7, 11) is 3.30. The average Bonchev–Trinajstić information content (AvgIpc) is 2.55. The fourth-order valence-corrected chi connectivity index (χ4v) is 2.28. The van der Waals surface area contributed by atoms with E-state index in [2.05, 4.69) is 37.9 Å². The van der Waals surface area contributed by atoms with Crippen molar-refractivity contribution >= 4 is 0 Å². The molecule has 0 aromatic heterocycles. The van der Waals surface area contributed by atoms with Gasteiger partial charge in [0, 0.05) is 12.2 Å². The lowest BCUT2D eigenvalue weighted by Gasteiger charge is -2.12. The lowest BCUT2D eigenvalue weighted by Crippen LogP contribution is -2.12. The van der Waals surface area contributed by atoms with E-state index in [9.17, 15) is 0 Å². The van der Waals surface area contributed by atoms with Gasteiger partial charge in [-0.25, -0.2) is 0 Å². The summed E-state index contributed by atoms with van der Waals surface area (Å²) in [6, 6.07) is 5.97. The zero-order chi connectivity index (χ0) is 17.1. The van der Waals surface area contributed by atoms with Gasteiger partial charge in [-0.15, -0.1) is 0 Å². The maximum absolute atomic E-state index is 5.32. The van der Waals surface area contributed by atoms with Crippen molar-refractivity contribution in [2.75, 3.05) is 14.2 Å². The standard InChI is InChI=1S/C20H31NO2/c1-16(2)10-8-6-7-9-11-17(3)21-15-18-12-13-19(22-4)20(14-18)23-5/h8,10,12-14,16,21H,3,6-7,9,11,15H2,1-2,4-5H3/b10-8+. The Morgan fingerprint density at radius 2 is 1.91 bits per heavy atom. The van der Waals surface area contributed by atoms with Crippen LogP contribution in [0.25, 0.3) is 0 Å². The quantitative estimate of drug-likeness (QED) is 0.456. The van der Waals surface area contributed by atoms with Crippen molar-refractivity contribution in [1.82, 2.24) is 5.32 Å². The van der Waals surface area contributed by atoms with Gasteiger partial charge in [0.1, 0.15) is 0 Å². The van der Waals surface area contributed by atoms with Gasteiger partial charge in [-0.2, -0.15) is 0 Å². The van der Waals surface area contributed by atoms with Crippen molar-refractivity contribution in [2.45, 2.75) is 46.1 Å². The van der Waals surface area contributed by atoms with Crippen LogP contribution >= 0.6 is 0 Å².